The standard InChI is InChI=1S/C22H26N4O3S/c1-15-5-3-6-17(13-15)25-11-10-24(14-16(25)2)19(27)7-4-9-26-21(28)20-18(8-12-30-20)23-22(26)29/h3,5-6,8,12-13,16H,4,7,9-11,14H2,1-2H3,(H,23,29)/t16-/m0/s1. The van der Waals surface area contributed by atoms with Gasteiger partial charge >= 0.3 is 5.69 Å². The molecule has 0 saturated carbocycles. The summed E-state index contributed by atoms with van der Waals surface area (Å²) in [5.74, 6) is 0.0763. The molecule has 0 bridgehead atoms. The summed E-state index contributed by atoms with van der Waals surface area (Å²) >= 11 is 1.32. The Labute approximate surface area is 178 Å². The number of nitrogens with zero attached hydrogens (tertiary/aromatic N) is 3. The second kappa shape index (κ2) is 8.47. The fraction of sp³-hybridized carbons (Fsp3) is 0.409. The zero-order valence-corrected chi connectivity index (χ0v) is 18.1. The van der Waals surface area contributed by atoms with Crippen molar-refractivity contribution < 1.29 is 4.79 Å². The summed E-state index contributed by atoms with van der Waals surface area (Å²) in [6, 6.07) is 10.4. The van der Waals surface area contributed by atoms with Crippen molar-refractivity contribution in [2.75, 3.05) is 24.5 Å². The Morgan fingerprint density at radius 1 is 1.23 bits per heavy atom. The first-order chi connectivity index (χ1) is 14.4. The minimum atomic E-state index is -0.418. The van der Waals surface area contributed by atoms with Crippen LogP contribution in [0.3, 0.4) is 0 Å². The number of thiophene rings is 1. The lowest BCUT2D eigenvalue weighted by Gasteiger charge is -2.41. The highest BCUT2D eigenvalue weighted by molar-refractivity contribution is 7.17. The Morgan fingerprint density at radius 2 is 2.07 bits per heavy atom. The number of benzene rings is 1. The minimum absolute atomic E-state index is 0.0763. The molecule has 1 atom stereocenters. The maximum atomic E-state index is 12.7. The van der Waals surface area contributed by atoms with Gasteiger partial charge in [0.05, 0.1) is 5.52 Å². The molecule has 1 aliphatic rings. The summed E-state index contributed by atoms with van der Waals surface area (Å²) in [5, 5.41) is 1.79. The SMILES string of the molecule is Cc1cccc(N2CCN(C(=O)CCCn3c(=O)[nH]c4ccsc4c3=O)C[C@@H]2C)c1. The predicted molar refractivity (Wildman–Crippen MR) is 121 cm³/mol. The summed E-state index contributed by atoms with van der Waals surface area (Å²) in [7, 11) is 0. The molecule has 30 heavy (non-hydrogen) atoms. The van der Waals surface area contributed by atoms with Gasteiger partial charge in [-0.1, -0.05) is 12.1 Å². The quantitative estimate of drug-likeness (QED) is 0.680. The molecule has 3 aromatic rings. The molecule has 1 aliphatic heterocycles. The van der Waals surface area contributed by atoms with Crippen LogP contribution < -0.4 is 16.1 Å². The second-order valence-electron chi connectivity index (χ2n) is 7.88. The molecule has 0 unspecified atom stereocenters. The Morgan fingerprint density at radius 3 is 2.83 bits per heavy atom. The lowest BCUT2D eigenvalue weighted by molar-refractivity contribution is -0.132. The van der Waals surface area contributed by atoms with Crippen molar-refractivity contribution in [3.8, 4) is 0 Å². The summed E-state index contributed by atoms with van der Waals surface area (Å²) in [6.07, 6.45) is 0.788. The maximum absolute atomic E-state index is 12.7. The van der Waals surface area contributed by atoms with Gasteiger partial charge in [-0.15, -0.1) is 11.3 Å². The van der Waals surface area contributed by atoms with Gasteiger partial charge in [0.2, 0.25) is 5.91 Å². The van der Waals surface area contributed by atoms with Crippen LogP contribution in [0.4, 0.5) is 5.69 Å². The third kappa shape index (κ3) is 4.05. The van der Waals surface area contributed by atoms with Gasteiger partial charge in [0.15, 0.2) is 0 Å². The molecule has 3 heterocycles. The topological polar surface area (TPSA) is 78.4 Å². The first kappa shape index (κ1) is 20.4. The number of hydrogen-bond acceptors (Lipinski definition) is 5. The number of nitrogens with one attached hydrogen (secondary N) is 1. The highest BCUT2D eigenvalue weighted by Crippen LogP contribution is 2.22. The van der Waals surface area contributed by atoms with E-state index in [9.17, 15) is 14.4 Å². The van der Waals surface area contributed by atoms with E-state index in [4.69, 9.17) is 0 Å². The van der Waals surface area contributed by atoms with Crippen molar-refractivity contribution in [2.24, 2.45) is 0 Å². The van der Waals surface area contributed by atoms with Crippen LogP contribution in [0.1, 0.15) is 25.3 Å². The van der Waals surface area contributed by atoms with E-state index in [1.807, 2.05) is 4.90 Å². The molecule has 0 radical (unpaired) electrons. The van der Waals surface area contributed by atoms with Crippen molar-refractivity contribution in [1.82, 2.24) is 14.5 Å². The highest BCUT2D eigenvalue weighted by Gasteiger charge is 2.26. The van der Waals surface area contributed by atoms with Crippen molar-refractivity contribution in [3.05, 3.63) is 62.1 Å². The van der Waals surface area contributed by atoms with Crippen LogP contribution >= 0.6 is 11.3 Å². The van der Waals surface area contributed by atoms with Gasteiger partial charge in [0.1, 0.15) is 4.70 Å². The fourth-order valence-corrected chi connectivity index (χ4v) is 4.89. The highest BCUT2D eigenvalue weighted by atomic mass is 32.1. The van der Waals surface area contributed by atoms with Crippen molar-refractivity contribution in [1.29, 1.82) is 0 Å². The Hall–Kier alpha value is -2.87. The van der Waals surface area contributed by atoms with Gasteiger partial charge in [-0.2, -0.15) is 0 Å². The van der Waals surface area contributed by atoms with E-state index in [-0.39, 0.29) is 24.1 Å². The van der Waals surface area contributed by atoms with Crippen LogP contribution in [0.5, 0.6) is 0 Å². The third-order valence-electron chi connectivity index (χ3n) is 5.68. The molecule has 1 fully saturated rings. The van der Waals surface area contributed by atoms with Gasteiger partial charge in [-0.25, -0.2) is 4.79 Å². The number of H-pyrrole nitrogens is 1. The van der Waals surface area contributed by atoms with Crippen LogP contribution in [-0.2, 0) is 11.3 Å². The van der Waals surface area contributed by atoms with E-state index in [0.29, 0.717) is 36.1 Å². The molecule has 8 heteroatoms. The number of piperazine rings is 1. The van der Waals surface area contributed by atoms with E-state index >= 15 is 0 Å². The average molecular weight is 427 g/mol. The van der Waals surface area contributed by atoms with Crippen molar-refractivity contribution in [2.45, 2.75) is 39.3 Å². The van der Waals surface area contributed by atoms with Gasteiger partial charge in [-0.3, -0.25) is 14.2 Å². The normalized spacial score (nSPS) is 16.9. The molecular formula is C22H26N4O3S. The number of aromatic nitrogens is 2. The molecule has 158 valence electrons. The van der Waals surface area contributed by atoms with Crippen LogP contribution in [0.15, 0.2) is 45.3 Å². The monoisotopic (exact) mass is 426 g/mol. The Balaban J connectivity index is 1.34. The van der Waals surface area contributed by atoms with Crippen LogP contribution in [-0.4, -0.2) is 46.0 Å². The first-order valence-electron chi connectivity index (χ1n) is 10.3. The molecule has 1 saturated heterocycles. The first-order valence-corrected chi connectivity index (χ1v) is 11.1. The zero-order chi connectivity index (χ0) is 21.3. The average Bonchev–Trinajstić information content (AvgIpc) is 3.18. The van der Waals surface area contributed by atoms with Gasteiger partial charge in [-0.05, 0) is 49.4 Å². The summed E-state index contributed by atoms with van der Waals surface area (Å²) in [5.41, 5.74) is 2.29. The number of aryl methyl sites for hydroxylation is 1. The van der Waals surface area contributed by atoms with Crippen LogP contribution in [0.25, 0.3) is 10.2 Å². The zero-order valence-electron chi connectivity index (χ0n) is 17.3. The Kier molecular flexibility index (Phi) is 5.76. The summed E-state index contributed by atoms with van der Waals surface area (Å²) < 4.78 is 1.74. The number of hydrogen-bond donors (Lipinski definition) is 1. The minimum Gasteiger partial charge on any atom is -0.365 e. The molecule has 7 nitrogen and oxygen atoms in total. The predicted octanol–water partition coefficient (Wildman–Crippen LogP) is 2.58. The molecule has 2 aromatic heterocycles. The van der Waals surface area contributed by atoms with Crippen LogP contribution in [0, 0.1) is 6.92 Å². The number of amides is 1. The van der Waals surface area contributed by atoms with Crippen LogP contribution in [0.2, 0.25) is 0 Å². The summed E-state index contributed by atoms with van der Waals surface area (Å²) in [6.45, 7) is 6.61. The molecule has 4 rings (SSSR count). The van der Waals surface area contributed by atoms with Gasteiger partial charge in [0.25, 0.3) is 5.56 Å². The Bertz CT molecular complexity index is 1180. The van der Waals surface area contributed by atoms with E-state index in [0.717, 1.165) is 6.54 Å². The number of carbonyl (C=O) groups excluding carboxylic acids is 1. The molecule has 0 spiro atoms. The maximum Gasteiger partial charge on any atom is 0.328 e. The number of rotatable bonds is 5. The summed E-state index contributed by atoms with van der Waals surface area (Å²) in [4.78, 5) is 44.3. The van der Waals surface area contributed by atoms with Crippen molar-refractivity contribution >= 4 is 33.1 Å². The second-order valence-corrected chi connectivity index (χ2v) is 8.79. The molecular weight excluding hydrogens is 400 g/mol. The largest absolute Gasteiger partial charge is 0.365 e. The fourth-order valence-electron chi connectivity index (χ4n) is 4.09. The number of anilines is 1. The van der Waals surface area contributed by atoms with Gasteiger partial charge < -0.3 is 14.8 Å². The molecule has 1 N–H and O–H groups in total. The molecule has 1 amide bonds. The number of carbonyl (C=O) groups is 1. The molecule has 1 aromatic carbocycles. The lowest BCUT2D eigenvalue weighted by atomic mass is 10.1. The van der Waals surface area contributed by atoms with E-state index in [2.05, 4.69) is 48.0 Å². The van der Waals surface area contributed by atoms with Gasteiger partial charge in [0, 0.05) is 44.3 Å². The van der Waals surface area contributed by atoms with E-state index in [1.165, 1.54) is 27.2 Å². The van der Waals surface area contributed by atoms with Crippen molar-refractivity contribution in [3.63, 3.8) is 0 Å². The van der Waals surface area contributed by atoms with E-state index < -0.39 is 5.69 Å². The smallest absolute Gasteiger partial charge is 0.328 e. The third-order valence-corrected chi connectivity index (χ3v) is 6.58. The lowest BCUT2D eigenvalue weighted by Crippen LogP contribution is -2.53. The van der Waals surface area contributed by atoms with E-state index in [1.54, 1.807) is 11.4 Å². The number of fused-ring (bicyclic) bond motifs is 1. The molecule has 0 aliphatic carbocycles. The number of aromatic amines is 1.